The highest BCUT2D eigenvalue weighted by Crippen LogP contribution is 2.18. The molecule has 0 aliphatic carbocycles. The number of hydrogen-bond donors (Lipinski definition) is 1. The van der Waals surface area contributed by atoms with Crippen molar-refractivity contribution in [1.82, 2.24) is 19.6 Å². The summed E-state index contributed by atoms with van der Waals surface area (Å²) >= 11 is 0. The number of carbonyl (C=O) groups excluding carboxylic acids is 1. The van der Waals surface area contributed by atoms with Gasteiger partial charge in [-0.3, -0.25) is 14.4 Å². The number of halogens is 3. The lowest BCUT2D eigenvalue weighted by molar-refractivity contribution is 0.0629. The molecule has 2 N–H and O–H groups in total. The molecule has 1 saturated heterocycles. The van der Waals surface area contributed by atoms with Gasteiger partial charge in [0.15, 0.2) is 0 Å². The summed E-state index contributed by atoms with van der Waals surface area (Å²) in [7, 11) is 1.98. The van der Waals surface area contributed by atoms with E-state index < -0.39 is 0 Å². The SMILES string of the molecule is Cc1nn(C)c(C)c1CN1CCN(C(=O)c2ccccc2N)CC1.Cl.Cl.Cl. The van der Waals surface area contributed by atoms with Gasteiger partial charge >= 0.3 is 0 Å². The summed E-state index contributed by atoms with van der Waals surface area (Å²) in [5, 5.41) is 4.48. The van der Waals surface area contributed by atoms with Gasteiger partial charge in [0.05, 0.1) is 11.3 Å². The zero-order valence-electron chi connectivity index (χ0n) is 15.8. The lowest BCUT2D eigenvalue weighted by Gasteiger charge is -2.35. The van der Waals surface area contributed by atoms with Crippen LogP contribution >= 0.6 is 37.2 Å². The molecule has 27 heavy (non-hydrogen) atoms. The highest BCUT2D eigenvalue weighted by atomic mass is 35.5. The number of aromatic nitrogens is 2. The number of nitrogen functional groups attached to an aromatic ring is 1. The Morgan fingerprint density at radius 2 is 1.67 bits per heavy atom. The molecule has 0 radical (unpaired) electrons. The first-order valence-electron chi connectivity index (χ1n) is 8.32. The average Bonchev–Trinajstić information content (AvgIpc) is 2.82. The Balaban J connectivity index is 0.00000225. The van der Waals surface area contributed by atoms with Crippen molar-refractivity contribution in [2.45, 2.75) is 20.4 Å². The fourth-order valence-corrected chi connectivity index (χ4v) is 3.24. The van der Waals surface area contributed by atoms with Gasteiger partial charge in [0.2, 0.25) is 0 Å². The molecule has 2 aromatic rings. The molecule has 6 nitrogen and oxygen atoms in total. The van der Waals surface area contributed by atoms with Crippen LogP contribution < -0.4 is 5.73 Å². The maximum atomic E-state index is 12.6. The summed E-state index contributed by atoms with van der Waals surface area (Å²) in [4.78, 5) is 16.9. The number of piperazine rings is 1. The van der Waals surface area contributed by atoms with Gasteiger partial charge < -0.3 is 10.6 Å². The van der Waals surface area contributed by atoms with E-state index in [9.17, 15) is 4.79 Å². The molecule has 1 amide bonds. The van der Waals surface area contributed by atoms with E-state index in [1.165, 1.54) is 11.3 Å². The number of rotatable bonds is 3. The van der Waals surface area contributed by atoms with Crippen LogP contribution in [0.25, 0.3) is 0 Å². The van der Waals surface area contributed by atoms with Crippen LogP contribution in [0, 0.1) is 13.8 Å². The fourth-order valence-electron chi connectivity index (χ4n) is 3.24. The smallest absolute Gasteiger partial charge is 0.256 e. The third-order valence-electron chi connectivity index (χ3n) is 4.89. The van der Waals surface area contributed by atoms with Gasteiger partial charge in [0, 0.05) is 56.7 Å². The maximum absolute atomic E-state index is 12.6. The number of anilines is 1. The largest absolute Gasteiger partial charge is 0.398 e. The summed E-state index contributed by atoms with van der Waals surface area (Å²) in [6.07, 6.45) is 0. The van der Waals surface area contributed by atoms with Crippen molar-refractivity contribution in [2.24, 2.45) is 7.05 Å². The van der Waals surface area contributed by atoms with Gasteiger partial charge in [0.1, 0.15) is 0 Å². The van der Waals surface area contributed by atoms with E-state index in [1.807, 2.05) is 28.8 Å². The van der Waals surface area contributed by atoms with Crippen molar-refractivity contribution >= 4 is 48.8 Å². The van der Waals surface area contributed by atoms with E-state index in [-0.39, 0.29) is 43.1 Å². The van der Waals surface area contributed by atoms with E-state index in [2.05, 4.69) is 23.8 Å². The second-order valence-electron chi connectivity index (χ2n) is 6.43. The molecule has 152 valence electrons. The van der Waals surface area contributed by atoms with Gasteiger partial charge in [-0.15, -0.1) is 37.2 Å². The van der Waals surface area contributed by atoms with Crippen LogP contribution in [0.5, 0.6) is 0 Å². The lowest BCUT2D eigenvalue weighted by atomic mass is 10.1. The molecule has 3 rings (SSSR count). The predicted molar refractivity (Wildman–Crippen MR) is 116 cm³/mol. The summed E-state index contributed by atoms with van der Waals surface area (Å²) in [5.74, 6) is 0.0292. The Morgan fingerprint density at radius 1 is 1.07 bits per heavy atom. The average molecular weight is 437 g/mol. The normalized spacial score (nSPS) is 14.0. The molecule has 0 saturated carbocycles. The van der Waals surface area contributed by atoms with Gasteiger partial charge in [-0.1, -0.05) is 12.1 Å². The minimum atomic E-state index is 0. The Kier molecular flexibility index (Phi) is 10.2. The summed E-state index contributed by atoms with van der Waals surface area (Å²) < 4.78 is 1.93. The second kappa shape index (κ2) is 10.8. The van der Waals surface area contributed by atoms with Crippen LogP contribution in [0.15, 0.2) is 24.3 Å². The monoisotopic (exact) mass is 435 g/mol. The van der Waals surface area contributed by atoms with Crippen molar-refractivity contribution in [3.63, 3.8) is 0 Å². The van der Waals surface area contributed by atoms with Crippen LogP contribution in [-0.2, 0) is 13.6 Å². The second-order valence-corrected chi connectivity index (χ2v) is 6.43. The topological polar surface area (TPSA) is 67.4 Å². The molecular weight excluding hydrogens is 409 g/mol. The van der Waals surface area contributed by atoms with Crippen molar-refractivity contribution in [1.29, 1.82) is 0 Å². The number of para-hydroxylation sites is 1. The highest BCUT2D eigenvalue weighted by molar-refractivity contribution is 5.99. The first kappa shape index (κ1) is 25.5. The van der Waals surface area contributed by atoms with Crippen molar-refractivity contribution in [3.8, 4) is 0 Å². The van der Waals surface area contributed by atoms with Crippen molar-refractivity contribution < 1.29 is 4.79 Å². The minimum absolute atomic E-state index is 0. The Bertz CT molecular complexity index is 757. The van der Waals surface area contributed by atoms with Crippen LogP contribution in [0.3, 0.4) is 0 Å². The third kappa shape index (κ3) is 5.51. The van der Waals surface area contributed by atoms with E-state index in [1.54, 1.807) is 12.1 Å². The van der Waals surface area contributed by atoms with Gasteiger partial charge in [0.25, 0.3) is 5.91 Å². The molecule has 1 fully saturated rings. The molecular formula is C18H28Cl3N5O. The Morgan fingerprint density at radius 3 is 2.19 bits per heavy atom. The first-order chi connectivity index (χ1) is 11.5. The number of hydrogen-bond acceptors (Lipinski definition) is 4. The van der Waals surface area contributed by atoms with Gasteiger partial charge in [-0.2, -0.15) is 5.10 Å². The highest BCUT2D eigenvalue weighted by Gasteiger charge is 2.24. The molecule has 0 unspecified atom stereocenters. The standard InChI is InChI=1S/C18H25N5O.3ClH/c1-13-16(14(2)21(3)20-13)12-22-8-10-23(11-9-22)18(24)15-6-4-5-7-17(15)19;;;/h4-7H,8-12,19H2,1-3H3;3*1H. The molecule has 1 aliphatic rings. The molecule has 1 aromatic heterocycles. The quantitative estimate of drug-likeness (QED) is 0.751. The van der Waals surface area contributed by atoms with Crippen LogP contribution in [-0.4, -0.2) is 51.7 Å². The molecule has 0 bridgehead atoms. The maximum Gasteiger partial charge on any atom is 0.256 e. The van der Waals surface area contributed by atoms with Crippen LogP contribution in [0.1, 0.15) is 27.3 Å². The summed E-state index contributed by atoms with van der Waals surface area (Å²) in [6, 6.07) is 7.28. The summed E-state index contributed by atoms with van der Waals surface area (Å²) in [5.41, 5.74) is 10.7. The minimum Gasteiger partial charge on any atom is -0.398 e. The van der Waals surface area contributed by atoms with Crippen molar-refractivity contribution in [2.75, 3.05) is 31.9 Å². The third-order valence-corrected chi connectivity index (χ3v) is 4.89. The zero-order chi connectivity index (χ0) is 17.3. The number of nitrogens with zero attached hydrogens (tertiary/aromatic N) is 4. The summed E-state index contributed by atoms with van der Waals surface area (Å²) in [6.45, 7) is 8.24. The molecule has 1 aliphatic heterocycles. The Hall–Kier alpha value is -1.47. The molecule has 2 heterocycles. The number of benzene rings is 1. The first-order valence-corrected chi connectivity index (χ1v) is 8.32. The van der Waals surface area contributed by atoms with Crippen molar-refractivity contribution in [3.05, 3.63) is 46.8 Å². The molecule has 1 aromatic carbocycles. The number of nitrogens with two attached hydrogens (primary N) is 1. The Labute approximate surface area is 179 Å². The molecule has 0 spiro atoms. The zero-order valence-corrected chi connectivity index (χ0v) is 18.3. The number of aryl methyl sites for hydroxylation is 2. The fraction of sp³-hybridized carbons (Fsp3) is 0.444. The number of amides is 1. The van der Waals surface area contributed by atoms with Gasteiger partial charge in [-0.05, 0) is 26.0 Å². The van der Waals surface area contributed by atoms with E-state index >= 15 is 0 Å². The van der Waals surface area contributed by atoms with Gasteiger partial charge in [-0.25, -0.2) is 0 Å². The lowest BCUT2D eigenvalue weighted by Crippen LogP contribution is -2.48. The molecule has 0 atom stereocenters. The van der Waals surface area contributed by atoms with E-state index in [0.717, 1.165) is 38.4 Å². The van der Waals surface area contributed by atoms with Crippen LogP contribution in [0.4, 0.5) is 5.69 Å². The molecule has 9 heteroatoms. The number of carbonyl (C=O) groups is 1. The predicted octanol–water partition coefficient (Wildman–Crippen LogP) is 2.84. The van der Waals surface area contributed by atoms with E-state index in [4.69, 9.17) is 5.73 Å². The van der Waals surface area contributed by atoms with E-state index in [0.29, 0.717) is 11.3 Å². The van der Waals surface area contributed by atoms with Crippen LogP contribution in [0.2, 0.25) is 0 Å².